The number of hydrogen-bond donors (Lipinski definition) is 1. The summed E-state index contributed by atoms with van der Waals surface area (Å²) in [6.45, 7) is 8.20. The van der Waals surface area contributed by atoms with Crippen LogP contribution in [0.25, 0.3) is 0 Å². The largest absolute Gasteiger partial charge is 0.322 e. The number of carbonyl (C=O) groups is 1. The van der Waals surface area contributed by atoms with E-state index in [2.05, 4.69) is 19.2 Å². The van der Waals surface area contributed by atoms with Gasteiger partial charge in [-0.05, 0) is 47.9 Å². The van der Waals surface area contributed by atoms with Gasteiger partial charge in [-0.25, -0.2) is 4.39 Å². The van der Waals surface area contributed by atoms with Gasteiger partial charge in [-0.1, -0.05) is 39.8 Å². The Morgan fingerprint density at radius 2 is 1.67 bits per heavy atom. The van der Waals surface area contributed by atoms with Crippen LogP contribution in [0.15, 0.2) is 48.5 Å². The van der Waals surface area contributed by atoms with Crippen molar-refractivity contribution in [1.29, 1.82) is 0 Å². The normalized spacial score (nSPS) is 9.81. The topological polar surface area (TPSA) is 29.1 Å². The second-order valence-corrected chi connectivity index (χ2v) is 4.74. The fraction of sp³-hybridized carbons (Fsp3) is 0.278. The van der Waals surface area contributed by atoms with E-state index in [1.165, 1.54) is 24.3 Å². The summed E-state index contributed by atoms with van der Waals surface area (Å²) >= 11 is 0. The number of benzene rings is 2. The Morgan fingerprint density at radius 1 is 1.05 bits per heavy atom. The lowest BCUT2D eigenvalue weighted by atomic mass is 10.0. The fourth-order valence-corrected chi connectivity index (χ4v) is 1.78. The van der Waals surface area contributed by atoms with E-state index in [1.807, 2.05) is 38.1 Å². The van der Waals surface area contributed by atoms with Crippen LogP contribution in [0.5, 0.6) is 0 Å². The molecule has 0 fully saturated rings. The lowest BCUT2D eigenvalue weighted by Crippen LogP contribution is -2.12. The van der Waals surface area contributed by atoms with Crippen LogP contribution >= 0.6 is 0 Å². The summed E-state index contributed by atoms with van der Waals surface area (Å²) < 4.78 is 12.8. The quantitative estimate of drug-likeness (QED) is 0.823. The summed E-state index contributed by atoms with van der Waals surface area (Å²) in [4.78, 5) is 12.0. The molecular formula is C18H22FNO. The molecule has 2 aromatic carbocycles. The van der Waals surface area contributed by atoms with Crippen LogP contribution in [0, 0.1) is 5.82 Å². The Hall–Kier alpha value is -2.16. The number of rotatable bonds is 3. The third-order valence-electron chi connectivity index (χ3n) is 2.92. The zero-order chi connectivity index (χ0) is 15.8. The first-order valence-corrected chi connectivity index (χ1v) is 7.23. The Labute approximate surface area is 126 Å². The molecule has 2 rings (SSSR count). The van der Waals surface area contributed by atoms with Crippen LogP contribution in [0.3, 0.4) is 0 Å². The van der Waals surface area contributed by atoms with E-state index in [9.17, 15) is 9.18 Å². The van der Waals surface area contributed by atoms with Gasteiger partial charge < -0.3 is 5.32 Å². The van der Waals surface area contributed by atoms with E-state index >= 15 is 0 Å². The Kier molecular flexibility index (Phi) is 6.60. The number of halogens is 1. The molecule has 1 amide bonds. The van der Waals surface area contributed by atoms with Gasteiger partial charge in [0, 0.05) is 11.3 Å². The van der Waals surface area contributed by atoms with E-state index in [4.69, 9.17) is 0 Å². The van der Waals surface area contributed by atoms with E-state index < -0.39 is 0 Å². The lowest BCUT2D eigenvalue weighted by Gasteiger charge is -2.09. The summed E-state index contributed by atoms with van der Waals surface area (Å²) in [5.74, 6) is -0.179. The third-order valence-corrected chi connectivity index (χ3v) is 2.92. The van der Waals surface area contributed by atoms with Crippen molar-refractivity contribution in [2.45, 2.75) is 33.6 Å². The molecule has 1 N–H and O–H groups in total. The third kappa shape index (κ3) is 5.03. The van der Waals surface area contributed by atoms with Crippen molar-refractivity contribution in [2.75, 3.05) is 5.32 Å². The molecule has 21 heavy (non-hydrogen) atoms. The van der Waals surface area contributed by atoms with Crippen LogP contribution in [0.1, 0.15) is 49.5 Å². The highest BCUT2D eigenvalue weighted by Crippen LogP contribution is 2.19. The Balaban J connectivity index is 0.00000106. The second kappa shape index (κ2) is 8.20. The van der Waals surface area contributed by atoms with Crippen molar-refractivity contribution in [3.05, 3.63) is 65.5 Å². The molecule has 0 bridgehead atoms. The minimum absolute atomic E-state index is 0.235. The number of amides is 1. The molecule has 0 aliphatic carbocycles. The average molecular weight is 287 g/mol. The molecule has 0 aliphatic rings. The molecule has 0 spiro atoms. The molecule has 0 aliphatic heterocycles. The number of nitrogens with one attached hydrogen (secondary N) is 1. The fourth-order valence-electron chi connectivity index (χ4n) is 1.78. The zero-order valence-electron chi connectivity index (χ0n) is 13.0. The van der Waals surface area contributed by atoms with Gasteiger partial charge >= 0.3 is 0 Å². The molecule has 112 valence electrons. The minimum atomic E-state index is -0.349. The van der Waals surface area contributed by atoms with Crippen LogP contribution in [-0.4, -0.2) is 5.91 Å². The molecule has 0 saturated carbocycles. The Morgan fingerprint density at radius 3 is 2.24 bits per heavy atom. The SMILES string of the molecule is CC.CC(C)c1cccc(NC(=O)c2ccc(F)cc2)c1. The van der Waals surface area contributed by atoms with Gasteiger partial charge in [-0.15, -0.1) is 0 Å². The maximum Gasteiger partial charge on any atom is 0.255 e. The first-order valence-electron chi connectivity index (χ1n) is 7.23. The van der Waals surface area contributed by atoms with Crippen LogP contribution in [-0.2, 0) is 0 Å². The standard InChI is InChI=1S/C16H16FNO.C2H6/c1-11(2)13-4-3-5-15(10-13)18-16(19)12-6-8-14(17)9-7-12;1-2/h3-11H,1-2H3,(H,18,19);1-2H3. The van der Waals surface area contributed by atoms with Crippen molar-refractivity contribution in [2.24, 2.45) is 0 Å². The van der Waals surface area contributed by atoms with E-state index in [1.54, 1.807) is 0 Å². The summed E-state index contributed by atoms with van der Waals surface area (Å²) in [5.41, 5.74) is 2.36. The van der Waals surface area contributed by atoms with Gasteiger partial charge in [-0.3, -0.25) is 4.79 Å². The minimum Gasteiger partial charge on any atom is -0.322 e. The number of hydrogen-bond acceptors (Lipinski definition) is 1. The van der Waals surface area contributed by atoms with Crippen molar-refractivity contribution >= 4 is 11.6 Å². The molecule has 0 unspecified atom stereocenters. The Bertz CT molecular complexity index is 576. The monoisotopic (exact) mass is 287 g/mol. The van der Waals surface area contributed by atoms with Crippen LogP contribution in [0.2, 0.25) is 0 Å². The predicted octanol–water partition coefficient (Wildman–Crippen LogP) is 5.23. The van der Waals surface area contributed by atoms with Gasteiger partial charge in [0.1, 0.15) is 5.82 Å². The maximum atomic E-state index is 12.8. The molecule has 0 aromatic heterocycles. The van der Waals surface area contributed by atoms with E-state index in [0.717, 1.165) is 11.3 Å². The van der Waals surface area contributed by atoms with Gasteiger partial charge in [0.15, 0.2) is 0 Å². The molecule has 2 nitrogen and oxygen atoms in total. The lowest BCUT2D eigenvalue weighted by molar-refractivity contribution is 0.102. The van der Waals surface area contributed by atoms with Gasteiger partial charge in [-0.2, -0.15) is 0 Å². The molecule has 3 heteroatoms. The van der Waals surface area contributed by atoms with E-state index in [-0.39, 0.29) is 11.7 Å². The molecule has 0 atom stereocenters. The molecule has 0 radical (unpaired) electrons. The summed E-state index contributed by atoms with van der Waals surface area (Å²) in [6, 6.07) is 13.2. The van der Waals surface area contributed by atoms with Crippen LogP contribution in [0.4, 0.5) is 10.1 Å². The smallest absolute Gasteiger partial charge is 0.255 e. The van der Waals surface area contributed by atoms with Crippen molar-refractivity contribution in [3.63, 3.8) is 0 Å². The average Bonchev–Trinajstić information content (AvgIpc) is 2.50. The highest BCUT2D eigenvalue weighted by molar-refractivity contribution is 6.04. The van der Waals surface area contributed by atoms with Crippen LogP contribution < -0.4 is 5.32 Å². The van der Waals surface area contributed by atoms with Gasteiger partial charge in [0.05, 0.1) is 0 Å². The van der Waals surface area contributed by atoms with Crippen molar-refractivity contribution in [3.8, 4) is 0 Å². The summed E-state index contributed by atoms with van der Waals surface area (Å²) in [7, 11) is 0. The highest BCUT2D eigenvalue weighted by atomic mass is 19.1. The molecular weight excluding hydrogens is 265 g/mol. The second-order valence-electron chi connectivity index (χ2n) is 4.74. The predicted molar refractivity (Wildman–Crippen MR) is 86.2 cm³/mol. The number of anilines is 1. The zero-order valence-corrected chi connectivity index (χ0v) is 13.0. The van der Waals surface area contributed by atoms with Crippen molar-refractivity contribution in [1.82, 2.24) is 0 Å². The van der Waals surface area contributed by atoms with Crippen molar-refractivity contribution < 1.29 is 9.18 Å². The van der Waals surface area contributed by atoms with Gasteiger partial charge in [0.25, 0.3) is 5.91 Å². The molecule has 2 aromatic rings. The molecule has 0 saturated heterocycles. The molecule has 0 heterocycles. The maximum absolute atomic E-state index is 12.8. The first-order chi connectivity index (χ1) is 10.1. The van der Waals surface area contributed by atoms with Gasteiger partial charge in [0.2, 0.25) is 0 Å². The van der Waals surface area contributed by atoms with E-state index in [0.29, 0.717) is 11.5 Å². The number of carbonyl (C=O) groups excluding carboxylic acids is 1. The summed E-state index contributed by atoms with van der Waals surface area (Å²) in [6.07, 6.45) is 0. The first kappa shape index (κ1) is 16.9. The highest BCUT2D eigenvalue weighted by Gasteiger charge is 2.07. The summed E-state index contributed by atoms with van der Waals surface area (Å²) in [5, 5.41) is 2.81.